The van der Waals surface area contributed by atoms with Gasteiger partial charge in [0.25, 0.3) is 0 Å². The molecule has 1 nitrogen and oxygen atoms in total. The Morgan fingerprint density at radius 2 is 1.79 bits per heavy atom. The largest absolute Gasteiger partial charge is 0.381 e. The number of benzene rings is 2. The summed E-state index contributed by atoms with van der Waals surface area (Å²) in [6.45, 7) is 2.14. The predicted molar refractivity (Wildman–Crippen MR) is 87.4 cm³/mol. The van der Waals surface area contributed by atoms with E-state index in [2.05, 4.69) is 28.2 Å². The fourth-order valence-corrected chi connectivity index (χ4v) is 2.59. The van der Waals surface area contributed by atoms with Crippen LogP contribution in [0.5, 0.6) is 0 Å². The minimum absolute atomic E-state index is 0.302. The first-order valence-corrected chi connectivity index (χ1v) is 7.56. The topological polar surface area (TPSA) is 12.0 Å². The zero-order chi connectivity index (χ0) is 13.8. The second-order valence-electron chi connectivity index (χ2n) is 4.48. The van der Waals surface area contributed by atoms with Crippen LogP contribution in [0.25, 0.3) is 0 Å². The molecule has 2 aromatic rings. The predicted octanol–water partition coefficient (Wildman–Crippen LogP) is 5.80. The van der Waals surface area contributed by atoms with Crippen molar-refractivity contribution in [2.24, 2.45) is 0 Å². The molecule has 0 saturated heterocycles. The summed E-state index contributed by atoms with van der Waals surface area (Å²) >= 11 is 15.4. The van der Waals surface area contributed by atoms with Gasteiger partial charge in [-0.05, 0) is 59.1 Å². The Hall–Kier alpha value is -0.700. The normalized spacial score (nSPS) is 12.2. The Bertz CT molecular complexity index is 555. The molecule has 2 rings (SSSR count). The van der Waals surface area contributed by atoms with Gasteiger partial charge in [-0.15, -0.1) is 0 Å². The van der Waals surface area contributed by atoms with Crippen LogP contribution in [0.3, 0.4) is 0 Å². The molecule has 4 heteroatoms. The van der Waals surface area contributed by atoms with Gasteiger partial charge < -0.3 is 5.32 Å². The van der Waals surface area contributed by atoms with Crippen molar-refractivity contribution in [3.63, 3.8) is 0 Å². The van der Waals surface area contributed by atoms with Crippen molar-refractivity contribution < 1.29 is 0 Å². The average Bonchev–Trinajstić information content (AvgIpc) is 2.38. The quantitative estimate of drug-likeness (QED) is 0.728. The van der Waals surface area contributed by atoms with Crippen molar-refractivity contribution in [1.29, 1.82) is 0 Å². The molecule has 0 aliphatic carbocycles. The molecule has 0 bridgehead atoms. The molecule has 1 atom stereocenters. The van der Waals surface area contributed by atoms with Gasteiger partial charge in [-0.1, -0.05) is 41.4 Å². The Labute approximate surface area is 132 Å². The number of nitrogens with one attached hydrogen (secondary N) is 1. The lowest BCUT2D eigenvalue weighted by Crippen LogP contribution is -2.18. The summed E-state index contributed by atoms with van der Waals surface area (Å²) in [7, 11) is 0. The molecule has 1 N–H and O–H groups in total. The van der Waals surface area contributed by atoms with Crippen LogP contribution in [0.2, 0.25) is 10.0 Å². The maximum absolute atomic E-state index is 6.07. The van der Waals surface area contributed by atoms with Crippen molar-refractivity contribution in [2.45, 2.75) is 19.4 Å². The molecule has 1 unspecified atom stereocenters. The lowest BCUT2D eigenvalue weighted by molar-refractivity contribution is 0.790. The highest BCUT2D eigenvalue weighted by atomic mass is 79.9. The summed E-state index contributed by atoms with van der Waals surface area (Å²) in [6, 6.07) is 14.0. The van der Waals surface area contributed by atoms with Crippen molar-refractivity contribution in [3.8, 4) is 0 Å². The van der Waals surface area contributed by atoms with Crippen molar-refractivity contribution in [3.05, 3.63) is 62.5 Å². The third-order valence-electron chi connectivity index (χ3n) is 2.81. The first-order valence-electron chi connectivity index (χ1n) is 6.01. The summed E-state index contributed by atoms with van der Waals surface area (Å²) < 4.78 is 0.902. The van der Waals surface area contributed by atoms with Gasteiger partial charge in [0.05, 0.1) is 15.2 Å². The molecule has 0 heterocycles. The molecule has 0 spiro atoms. The molecule has 19 heavy (non-hydrogen) atoms. The van der Waals surface area contributed by atoms with Crippen LogP contribution in [-0.2, 0) is 6.42 Å². The van der Waals surface area contributed by atoms with E-state index in [-0.39, 0.29) is 0 Å². The molecular weight excluding hydrogens is 345 g/mol. The molecule has 0 aromatic heterocycles. The van der Waals surface area contributed by atoms with E-state index in [1.807, 2.05) is 42.5 Å². The van der Waals surface area contributed by atoms with Gasteiger partial charge in [0, 0.05) is 11.1 Å². The number of anilines is 1. The van der Waals surface area contributed by atoms with Gasteiger partial charge in [0.1, 0.15) is 0 Å². The monoisotopic (exact) mass is 357 g/mol. The van der Waals surface area contributed by atoms with E-state index in [9.17, 15) is 0 Å². The van der Waals surface area contributed by atoms with Crippen molar-refractivity contribution in [2.75, 3.05) is 5.32 Å². The number of rotatable bonds is 4. The summed E-state index contributed by atoms with van der Waals surface area (Å²) in [6.07, 6.45) is 0.927. The van der Waals surface area contributed by atoms with Crippen LogP contribution in [-0.4, -0.2) is 6.04 Å². The summed E-state index contributed by atoms with van der Waals surface area (Å²) in [5.74, 6) is 0. The van der Waals surface area contributed by atoms with E-state index >= 15 is 0 Å². The van der Waals surface area contributed by atoms with Crippen LogP contribution in [0.1, 0.15) is 12.5 Å². The van der Waals surface area contributed by atoms with E-state index in [1.54, 1.807) is 0 Å². The Morgan fingerprint density at radius 3 is 2.47 bits per heavy atom. The Morgan fingerprint density at radius 1 is 1.11 bits per heavy atom. The average molecular weight is 359 g/mol. The first kappa shape index (κ1) is 14.7. The van der Waals surface area contributed by atoms with Crippen molar-refractivity contribution >= 4 is 44.8 Å². The van der Waals surface area contributed by atoms with E-state index in [4.69, 9.17) is 23.2 Å². The number of hydrogen-bond donors (Lipinski definition) is 1. The van der Waals surface area contributed by atoms with Gasteiger partial charge in [-0.25, -0.2) is 0 Å². The smallest absolute Gasteiger partial charge is 0.0593 e. The van der Waals surface area contributed by atoms with Crippen LogP contribution < -0.4 is 5.32 Å². The van der Waals surface area contributed by atoms with E-state index in [0.717, 1.165) is 21.6 Å². The molecule has 0 aliphatic rings. The Kier molecular flexibility index (Phi) is 5.14. The van der Waals surface area contributed by atoms with E-state index in [0.29, 0.717) is 11.1 Å². The third kappa shape index (κ3) is 4.13. The van der Waals surface area contributed by atoms with Gasteiger partial charge in [0.15, 0.2) is 0 Å². The zero-order valence-electron chi connectivity index (χ0n) is 10.5. The number of halogens is 3. The molecule has 0 saturated carbocycles. The van der Waals surface area contributed by atoms with E-state index < -0.39 is 0 Å². The fourth-order valence-electron chi connectivity index (χ4n) is 1.91. The SMILES string of the molecule is CC(Cc1ccc(Cl)cc1)Nc1cccc(Cl)c1Br. The van der Waals surface area contributed by atoms with Gasteiger partial charge >= 0.3 is 0 Å². The maximum atomic E-state index is 6.07. The highest BCUT2D eigenvalue weighted by Gasteiger charge is 2.08. The fraction of sp³-hybridized carbons (Fsp3) is 0.200. The highest BCUT2D eigenvalue weighted by Crippen LogP contribution is 2.30. The van der Waals surface area contributed by atoms with Crippen LogP contribution in [0.4, 0.5) is 5.69 Å². The van der Waals surface area contributed by atoms with Crippen LogP contribution in [0.15, 0.2) is 46.9 Å². The lowest BCUT2D eigenvalue weighted by atomic mass is 10.1. The molecule has 2 aromatic carbocycles. The standard InChI is InChI=1S/C15H14BrCl2N/c1-10(9-11-5-7-12(17)8-6-11)19-14-4-2-3-13(18)15(14)16/h2-8,10,19H,9H2,1H3. The van der Waals surface area contributed by atoms with Gasteiger partial charge in [-0.3, -0.25) is 0 Å². The maximum Gasteiger partial charge on any atom is 0.0593 e. The zero-order valence-corrected chi connectivity index (χ0v) is 13.6. The number of hydrogen-bond acceptors (Lipinski definition) is 1. The second kappa shape index (κ2) is 6.65. The van der Waals surface area contributed by atoms with Gasteiger partial charge in [0.2, 0.25) is 0 Å². The molecule has 0 amide bonds. The summed E-state index contributed by atoms with van der Waals surface area (Å²) in [5.41, 5.74) is 2.26. The molecule has 100 valence electrons. The lowest BCUT2D eigenvalue weighted by Gasteiger charge is -2.17. The Balaban J connectivity index is 2.03. The summed E-state index contributed by atoms with van der Waals surface area (Å²) in [4.78, 5) is 0. The minimum atomic E-state index is 0.302. The van der Waals surface area contributed by atoms with E-state index in [1.165, 1.54) is 5.56 Å². The second-order valence-corrected chi connectivity index (χ2v) is 6.11. The summed E-state index contributed by atoms with van der Waals surface area (Å²) in [5, 5.41) is 4.93. The van der Waals surface area contributed by atoms with Gasteiger partial charge in [-0.2, -0.15) is 0 Å². The third-order valence-corrected chi connectivity index (χ3v) is 4.46. The minimum Gasteiger partial charge on any atom is -0.381 e. The molecule has 0 radical (unpaired) electrons. The highest BCUT2D eigenvalue weighted by molar-refractivity contribution is 9.10. The molecular formula is C15H14BrCl2N. The van der Waals surface area contributed by atoms with Crippen molar-refractivity contribution in [1.82, 2.24) is 0 Å². The van der Waals surface area contributed by atoms with Crippen LogP contribution >= 0.6 is 39.1 Å². The molecule has 0 aliphatic heterocycles. The molecule has 0 fully saturated rings. The van der Waals surface area contributed by atoms with Crippen LogP contribution in [0, 0.1) is 0 Å². The first-order chi connectivity index (χ1) is 9.06.